The number of rotatable bonds is 1. The van der Waals surface area contributed by atoms with Crippen LogP contribution in [0.3, 0.4) is 0 Å². The van der Waals surface area contributed by atoms with Gasteiger partial charge in [-0.15, -0.1) is 0 Å². The molecular weight excluding hydrogens is 210 g/mol. The molecular formula is C14H13N3. The smallest absolute Gasteiger partial charge is 0.0991 e. The molecule has 2 heterocycles. The zero-order valence-electron chi connectivity index (χ0n) is 9.50. The Kier molecular flexibility index (Phi) is 2.41. The van der Waals surface area contributed by atoms with E-state index in [1.807, 2.05) is 24.7 Å². The molecule has 1 atom stereocenters. The van der Waals surface area contributed by atoms with Gasteiger partial charge < -0.3 is 4.57 Å². The van der Waals surface area contributed by atoms with Crippen LogP contribution in [-0.4, -0.2) is 9.55 Å². The van der Waals surface area contributed by atoms with Crippen molar-refractivity contribution in [1.82, 2.24) is 9.55 Å². The van der Waals surface area contributed by atoms with Gasteiger partial charge in [-0.2, -0.15) is 5.26 Å². The van der Waals surface area contributed by atoms with Crippen LogP contribution in [0, 0.1) is 11.3 Å². The van der Waals surface area contributed by atoms with E-state index in [4.69, 9.17) is 5.26 Å². The first-order valence-electron chi connectivity index (χ1n) is 5.86. The molecule has 3 heteroatoms. The summed E-state index contributed by atoms with van der Waals surface area (Å²) in [5.74, 6) is 0.562. The number of aromatic nitrogens is 2. The number of fused-ring (bicyclic) bond motifs is 1. The zero-order chi connectivity index (χ0) is 11.7. The van der Waals surface area contributed by atoms with Gasteiger partial charge in [-0.25, -0.2) is 4.98 Å². The second kappa shape index (κ2) is 4.06. The third kappa shape index (κ3) is 1.83. The number of benzene rings is 1. The van der Waals surface area contributed by atoms with Gasteiger partial charge in [0.2, 0.25) is 0 Å². The van der Waals surface area contributed by atoms with Gasteiger partial charge in [0.1, 0.15) is 0 Å². The summed E-state index contributed by atoms with van der Waals surface area (Å²) in [5, 5.41) is 8.78. The summed E-state index contributed by atoms with van der Waals surface area (Å²) in [6.45, 7) is 1.04. The molecule has 84 valence electrons. The molecule has 3 nitrogen and oxygen atoms in total. The van der Waals surface area contributed by atoms with Crippen molar-refractivity contribution in [3.05, 3.63) is 53.6 Å². The van der Waals surface area contributed by atoms with Crippen LogP contribution >= 0.6 is 0 Å². The maximum Gasteiger partial charge on any atom is 0.0991 e. The molecule has 0 fully saturated rings. The number of hydrogen-bond donors (Lipinski definition) is 0. The fraction of sp³-hybridized carbons (Fsp3) is 0.286. The molecule has 17 heavy (non-hydrogen) atoms. The van der Waals surface area contributed by atoms with E-state index in [2.05, 4.69) is 27.8 Å². The molecule has 0 spiro atoms. The molecule has 0 N–H and O–H groups in total. The van der Waals surface area contributed by atoms with E-state index in [9.17, 15) is 0 Å². The van der Waals surface area contributed by atoms with Crippen LogP contribution in [-0.2, 0) is 13.0 Å². The quantitative estimate of drug-likeness (QED) is 0.745. The van der Waals surface area contributed by atoms with Crippen molar-refractivity contribution in [2.75, 3.05) is 0 Å². The third-order valence-electron chi connectivity index (χ3n) is 3.48. The first-order chi connectivity index (χ1) is 8.36. The number of nitrogens with zero attached hydrogens (tertiary/aromatic N) is 3. The van der Waals surface area contributed by atoms with E-state index in [1.54, 1.807) is 0 Å². The lowest BCUT2D eigenvalue weighted by molar-refractivity contribution is 0.474. The summed E-state index contributed by atoms with van der Waals surface area (Å²) in [6, 6.07) is 10.1. The molecule has 1 aromatic heterocycles. The molecule has 1 aliphatic heterocycles. The Balaban J connectivity index is 1.84. The molecule has 0 saturated heterocycles. The lowest BCUT2D eigenvalue weighted by Gasteiger charge is -2.24. The van der Waals surface area contributed by atoms with Gasteiger partial charge in [0.25, 0.3) is 0 Å². The molecule has 2 aromatic rings. The van der Waals surface area contributed by atoms with Gasteiger partial charge in [0.15, 0.2) is 0 Å². The maximum atomic E-state index is 8.78. The lowest BCUT2D eigenvalue weighted by Crippen LogP contribution is -2.16. The fourth-order valence-corrected chi connectivity index (χ4v) is 2.48. The minimum absolute atomic E-state index is 0.562. The average molecular weight is 223 g/mol. The summed E-state index contributed by atoms with van der Waals surface area (Å²) in [6.07, 6.45) is 6.06. The largest absolute Gasteiger partial charge is 0.335 e. The fourth-order valence-electron chi connectivity index (χ4n) is 2.48. The van der Waals surface area contributed by atoms with Crippen LogP contribution in [0.15, 0.2) is 36.8 Å². The molecule has 0 radical (unpaired) electrons. The van der Waals surface area contributed by atoms with Gasteiger partial charge in [-0.1, -0.05) is 12.1 Å². The highest BCUT2D eigenvalue weighted by atomic mass is 15.0. The van der Waals surface area contributed by atoms with Crippen molar-refractivity contribution in [2.24, 2.45) is 0 Å². The van der Waals surface area contributed by atoms with E-state index in [-0.39, 0.29) is 0 Å². The van der Waals surface area contributed by atoms with E-state index in [1.165, 1.54) is 11.3 Å². The highest BCUT2D eigenvalue weighted by Crippen LogP contribution is 2.29. The highest BCUT2D eigenvalue weighted by molar-refractivity contribution is 5.33. The summed E-state index contributed by atoms with van der Waals surface area (Å²) in [4.78, 5) is 4.18. The Hall–Kier alpha value is -2.08. The minimum Gasteiger partial charge on any atom is -0.335 e. The SMILES string of the molecule is N#Cc1ccc(C2CCn3cncc3C2)cc1. The van der Waals surface area contributed by atoms with Crippen molar-refractivity contribution < 1.29 is 0 Å². The third-order valence-corrected chi connectivity index (χ3v) is 3.48. The molecule has 3 rings (SSSR count). The van der Waals surface area contributed by atoms with Crippen molar-refractivity contribution in [3.8, 4) is 6.07 Å². The molecule has 1 unspecified atom stereocenters. The number of imidazole rings is 1. The van der Waals surface area contributed by atoms with Crippen LogP contribution < -0.4 is 0 Å². The summed E-state index contributed by atoms with van der Waals surface area (Å²) >= 11 is 0. The van der Waals surface area contributed by atoms with Crippen LogP contribution in [0.25, 0.3) is 0 Å². The zero-order valence-corrected chi connectivity index (χ0v) is 9.50. The molecule has 0 bridgehead atoms. The Bertz CT molecular complexity index is 560. The van der Waals surface area contributed by atoms with Gasteiger partial charge in [0, 0.05) is 18.4 Å². The summed E-state index contributed by atoms with van der Waals surface area (Å²) in [5.41, 5.74) is 3.37. The van der Waals surface area contributed by atoms with E-state index < -0.39 is 0 Å². The monoisotopic (exact) mass is 223 g/mol. The lowest BCUT2D eigenvalue weighted by atomic mass is 9.89. The van der Waals surface area contributed by atoms with Crippen molar-refractivity contribution in [1.29, 1.82) is 5.26 Å². The van der Waals surface area contributed by atoms with Crippen LogP contribution in [0.5, 0.6) is 0 Å². The molecule has 1 aromatic carbocycles. The Morgan fingerprint density at radius 2 is 2.12 bits per heavy atom. The minimum atomic E-state index is 0.562. The summed E-state index contributed by atoms with van der Waals surface area (Å²) < 4.78 is 2.22. The van der Waals surface area contributed by atoms with Crippen molar-refractivity contribution >= 4 is 0 Å². The number of hydrogen-bond acceptors (Lipinski definition) is 2. The Morgan fingerprint density at radius 3 is 2.88 bits per heavy atom. The predicted octanol–water partition coefficient (Wildman–Crippen LogP) is 2.48. The normalized spacial score (nSPS) is 18.4. The van der Waals surface area contributed by atoms with Gasteiger partial charge in [0.05, 0.1) is 18.0 Å². The van der Waals surface area contributed by atoms with Gasteiger partial charge in [-0.05, 0) is 36.5 Å². The highest BCUT2D eigenvalue weighted by Gasteiger charge is 2.19. The second-order valence-corrected chi connectivity index (χ2v) is 4.50. The Labute approximate surface area is 100 Å². The molecule has 0 saturated carbocycles. The van der Waals surface area contributed by atoms with Crippen LogP contribution in [0.4, 0.5) is 0 Å². The van der Waals surface area contributed by atoms with Crippen LogP contribution in [0.2, 0.25) is 0 Å². The number of nitriles is 1. The van der Waals surface area contributed by atoms with Gasteiger partial charge >= 0.3 is 0 Å². The summed E-state index contributed by atoms with van der Waals surface area (Å²) in [7, 11) is 0. The maximum absolute atomic E-state index is 8.78. The first kappa shape index (κ1) is 10.1. The first-order valence-corrected chi connectivity index (χ1v) is 5.86. The average Bonchev–Trinajstić information content (AvgIpc) is 2.86. The van der Waals surface area contributed by atoms with Crippen molar-refractivity contribution in [2.45, 2.75) is 25.3 Å². The topological polar surface area (TPSA) is 41.6 Å². The molecule has 1 aliphatic rings. The number of aryl methyl sites for hydroxylation is 1. The van der Waals surface area contributed by atoms with E-state index in [0.717, 1.165) is 24.9 Å². The van der Waals surface area contributed by atoms with E-state index >= 15 is 0 Å². The Morgan fingerprint density at radius 1 is 1.29 bits per heavy atom. The molecule has 0 amide bonds. The van der Waals surface area contributed by atoms with E-state index in [0.29, 0.717) is 5.92 Å². The van der Waals surface area contributed by atoms with Crippen molar-refractivity contribution in [3.63, 3.8) is 0 Å². The predicted molar refractivity (Wildman–Crippen MR) is 64.4 cm³/mol. The van der Waals surface area contributed by atoms with Gasteiger partial charge in [-0.3, -0.25) is 0 Å². The molecule has 0 aliphatic carbocycles. The standard InChI is InChI=1S/C14H13N3/c15-8-11-1-3-12(4-2-11)13-5-6-17-10-16-9-14(17)7-13/h1-4,9-10,13H,5-7H2. The second-order valence-electron chi connectivity index (χ2n) is 4.50. The van der Waals surface area contributed by atoms with Crippen LogP contribution in [0.1, 0.15) is 29.2 Å².